The number of halogens is 5. The fourth-order valence-electron chi connectivity index (χ4n) is 2.50. The first kappa shape index (κ1) is 27.9. The first-order valence-corrected chi connectivity index (χ1v) is 13.2. The largest absolute Gasteiger partial charge is 0.336 e. The van der Waals surface area contributed by atoms with Crippen molar-refractivity contribution >= 4 is 93.3 Å². The average Bonchev–Trinajstić information content (AvgIpc) is 2.84. The van der Waals surface area contributed by atoms with Gasteiger partial charge in [-0.2, -0.15) is 0 Å². The van der Waals surface area contributed by atoms with Crippen LogP contribution in [0.5, 0.6) is 0 Å². The molecule has 0 saturated heterocycles. The molecule has 0 aliphatic rings. The molecule has 3 rings (SSSR count). The standard InChI is InChI=1S/C22H15Cl5N4O2S2/c23-16(24)19(30-17(32)13-7-3-1-4-8-13)35-21-28-12-11-15(29-21)34-20(22(25,26)27)31-18(33)14-9-5-2-6-10-14/h1-12,20H,(H,30,32)(H,31,33)/t20-/m0/s1. The number of nitrogens with zero attached hydrogens (tertiary/aromatic N) is 2. The number of thioether (sulfide) groups is 2. The Balaban J connectivity index is 1.74. The number of nitrogens with one attached hydrogen (secondary N) is 2. The van der Waals surface area contributed by atoms with Crippen molar-refractivity contribution in [1.29, 1.82) is 0 Å². The number of hydrogen-bond acceptors (Lipinski definition) is 6. The second-order valence-electron chi connectivity index (χ2n) is 6.57. The Labute approximate surface area is 235 Å². The van der Waals surface area contributed by atoms with Crippen molar-refractivity contribution < 1.29 is 9.59 Å². The summed E-state index contributed by atoms with van der Waals surface area (Å²) in [5.74, 6) is -0.821. The Morgan fingerprint density at radius 1 is 0.857 bits per heavy atom. The SMILES string of the molecule is O=C(NC(Sc1nccc(S[C@H](NC(=O)c2ccccc2)C(Cl)(Cl)Cl)n1)=C(Cl)Cl)c1ccccc1. The van der Waals surface area contributed by atoms with Crippen LogP contribution in [-0.4, -0.2) is 30.9 Å². The summed E-state index contributed by atoms with van der Waals surface area (Å²) in [6.45, 7) is 0. The number of carbonyl (C=O) groups excluding carboxylic acids is 2. The quantitative estimate of drug-likeness (QED) is 0.0960. The second kappa shape index (κ2) is 13.1. The summed E-state index contributed by atoms with van der Waals surface area (Å²) in [6, 6.07) is 18.7. The molecule has 6 nitrogen and oxygen atoms in total. The third kappa shape index (κ3) is 8.75. The average molecular weight is 609 g/mol. The van der Waals surface area contributed by atoms with Gasteiger partial charge in [0.05, 0.1) is 0 Å². The Kier molecular flexibility index (Phi) is 10.4. The highest BCUT2D eigenvalue weighted by Crippen LogP contribution is 2.39. The van der Waals surface area contributed by atoms with Crippen molar-refractivity contribution in [1.82, 2.24) is 20.6 Å². The smallest absolute Gasteiger partial charge is 0.256 e. The lowest BCUT2D eigenvalue weighted by atomic mass is 10.2. The Morgan fingerprint density at radius 2 is 1.43 bits per heavy atom. The van der Waals surface area contributed by atoms with Gasteiger partial charge in [-0.25, -0.2) is 9.97 Å². The zero-order valence-electron chi connectivity index (χ0n) is 17.4. The van der Waals surface area contributed by atoms with E-state index in [1.807, 2.05) is 0 Å². The minimum atomic E-state index is -1.85. The Morgan fingerprint density at radius 3 is 1.97 bits per heavy atom. The van der Waals surface area contributed by atoms with Crippen molar-refractivity contribution in [2.45, 2.75) is 19.3 Å². The van der Waals surface area contributed by atoms with Crippen LogP contribution in [0.2, 0.25) is 0 Å². The summed E-state index contributed by atoms with van der Waals surface area (Å²) in [5, 5.41) is 5.12. The van der Waals surface area contributed by atoms with Crippen LogP contribution in [-0.2, 0) is 0 Å². The highest BCUT2D eigenvalue weighted by atomic mass is 35.6. The monoisotopic (exact) mass is 606 g/mol. The normalized spacial score (nSPS) is 11.9. The molecule has 1 aromatic heterocycles. The summed E-state index contributed by atoms with van der Waals surface area (Å²) in [7, 11) is 0. The van der Waals surface area contributed by atoms with Crippen LogP contribution < -0.4 is 10.6 Å². The maximum absolute atomic E-state index is 12.6. The lowest BCUT2D eigenvalue weighted by molar-refractivity contribution is 0.0947. The van der Waals surface area contributed by atoms with Gasteiger partial charge < -0.3 is 10.6 Å². The molecule has 35 heavy (non-hydrogen) atoms. The maximum atomic E-state index is 12.6. The lowest BCUT2D eigenvalue weighted by Gasteiger charge is -2.24. The van der Waals surface area contributed by atoms with Crippen molar-refractivity contribution in [2.24, 2.45) is 0 Å². The second-order valence-corrected chi connectivity index (χ2v) is 12.0. The minimum absolute atomic E-state index is 0.139. The summed E-state index contributed by atoms with van der Waals surface area (Å²) >= 11 is 32.3. The third-order valence-corrected chi connectivity index (χ3v) is 7.78. The molecule has 182 valence electrons. The van der Waals surface area contributed by atoms with Crippen molar-refractivity contribution in [3.63, 3.8) is 0 Å². The van der Waals surface area contributed by atoms with Gasteiger partial charge in [-0.1, -0.05) is 106 Å². The molecule has 2 amide bonds. The van der Waals surface area contributed by atoms with Gasteiger partial charge in [-0.15, -0.1) is 0 Å². The number of rotatable bonds is 8. The van der Waals surface area contributed by atoms with Gasteiger partial charge in [0, 0.05) is 17.3 Å². The molecule has 0 unspecified atom stereocenters. The van der Waals surface area contributed by atoms with Gasteiger partial charge in [0.25, 0.3) is 11.8 Å². The first-order chi connectivity index (χ1) is 16.6. The van der Waals surface area contributed by atoms with Gasteiger partial charge in [-0.3, -0.25) is 9.59 Å². The van der Waals surface area contributed by atoms with Crippen molar-refractivity contribution in [2.75, 3.05) is 0 Å². The lowest BCUT2D eigenvalue weighted by Crippen LogP contribution is -2.41. The molecule has 0 fully saturated rings. The molecule has 13 heteroatoms. The van der Waals surface area contributed by atoms with Crippen LogP contribution in [0.1, 0.15) is 20.7 Å². The molecule has 0 aliphatic heterocycles. The highest BCUT2D eigenvalue weighted by Gasteiger charge is 2.35. The molecule has 0 radical (unpaired) electrons. The minimum Gasteiger partial charge on any atom is -0.336 e. The molecular weight excluding hydrogens is 594 g/mol. The molecule has 0 saturated carbocycles. The van der Waals surface area contributed by atoms with E-state index in [2.05, 4.69) is 20.6 Å². The molecule has 0 aliphatic carbocycles. The molecule has 0 bridgehead atoms. The predicted octanol–water partition coefficient (Wildman–Crippen LogP) is 6.82. The van der Waals surface area contributed by atoms with Crippen molar-refractivity contribution in [3.05, 3.63) is 93.6 Å². The van der Waals surface area contributed by atoms with Gasteiger partial charge >= 0.3 is 0 Å². The van der Waals surface area contributed by atoms with E-state index in [4.69, 9.17) is 58.0 Å². The third-order valence-electron chi connectivity index (χ3n) is 4.07. The Bertz CT molecular complexity index is 1210. The van der Waals surface area contributed by atoms with Crippen LogP contribution in [0.15, 0.2) is 92.6 Å². The van der Waals surface area contributed by atoms with Gasteiger partial charge in [0.15, 0.2) is 5.16 Å². The van der Waals surface area contributed by atoms with E-state index < -0.39 is 21.0 Å². The van der Waals surface area contributed by atoms with E-state index in [-0.39, 0.29) is 14.7 Å². The van der Waals surface area contributed by atoms with Gasteiger partial charge in [0.1, 0.15) is 19.9 Å². The first-order valence-electron chi connectivity index (χ1n) is 9.65. The van der Waals surface area contributed by atoms with Crippen LogP contribution >= 0.6 is 81.5 Å². The highest BCUT2D eigenvalue weighted by molar-refractivity contribution is 8.03. The van der Waals surface area contributed by atoms with Crippen LogP contribution in [0.25, 0.3) is 0 Å². The van der Waals surface area contributed by atoms with Crippen LogP contribution in [0.3, 0.4) is 0 Å². The summed E-state index contributed by atoms with van der Waals surface area (Å²) in [5.41, 5.74) is 0.831. The number of benzene rings is 2. The molecule has 1 atom stereocenters. The molecule has 2 N–H and O–H groups in total. The number of alkyl halides is 3. The molecule has 3 aromatic rings. The zero-order chi connectivity index (χ0) is 25.4. The van der Waals surface area contributed by atoms with Crippen molar-refractivity contribution in [3.8, 4) is 0 Å². The number of carbonyl (C=O) groups is 2. The fourth-order valence-corrected chi connectivity index (χ4v) is 4.93. The number of aromatic nitrogens is 2. The van der Waals surface area contributed by atoms with Crippen LogP contribution in [0, 0.1) is 0 Å². The zero-order valence-corrected chi connectivity index (χ0v) is 22.8. The summed E-state index contributed by atoms with van der Waals surface area (Å²) in [4.78, 5) is 33.6. The fraction of sp³-hybridized carbons (Fsp3) is 0.0909. The van der Waals surface area contributed by atoms with E-state index in [0.29, 0.717) is 16.2 Å². The van der Waals surface area contributed by atoms with E-state index in [0.717, 1.165) is 23.5 Å². The topological polar surface area (TPSA) is 84.0 Å². The number of hydrogen-bond donors (Lipinski definition) is 2. The summed E-state index contributed by atoms with van der Waals surface area (Å²) < 4.78 is -2.02. The molecule has 2 aromatic carbocycles. The van der Waals surface area contributed by atoms with Gasteiger partial charge in [0.2, 0.25) is 3.79 Å². The molecular formula is C22H15Cl5N4O2S2. The summed E-state index contributed by atoms with van der Waals surface area (Å²) in [6.07, 6.45) is 1.48. The number of amides is 2. The van der Waals surface area contributed by atoms with E-state index >= 15 is 0 Å². The molecule has 0 spiro atoms. The van der Waals surface area contributed by atoms with Gasteiger partial charge in [-0.05, 0) is 42.1 Å². The van der Waals surface area contributed by atoms with Crippen LogP contribution in [0.4, 0.5) is 0 Å². The predicted molar refractivity (Wildman–Crippen MR) is 144 cm³/mol. The van der Waals surface area contributed by atoms with E-state index in [1.54, 1.807) is 66.7 Å². The van der Waals surface area contributed by atoms with E-state index in [9.17, 15) is 9.59 Å². The maximum Gasteiger partial charge on any atom is 0.256 e. The molecule has 1 heterocycles. The van der Waals surface area contributed by atoms with E-state index in [1.165, 1.54) is 6.20 Å². The Hall–Kier alpha value is -1.65.